The predicted octanol–water partition coefficient (Wildman–Crippen LogP) is 9.25. The first-order chi connectivity index (χ1) is 34.5. The Kier molecular flexibility index (Phi) is 38.4. The molecule has 9 atom stereocenters. The van der Waals surface area contributed by atoms with E-state index >= 15 is 0 Å². The molecular weight excluding hydrogens is 971 g/mol. The van der Waals surface area contributed by atoms with Gasteiger partial charge in [-0.2, -0.15) is 0 Å². The van der Waals surface area contributed by atoms with Crippen molar-refractivity contribution in [3.8, 4) is 0 Å². The number of aliphatic hydroxyl groups excluding tert-OH is 5. The van der Waals surface area contributed by atoms with E-state index in [9.17, 15) is 58.9 Å². The third kappa shape index (κ3) is 35.5. The van der Waals surface area contributed by atoms with E-state index in [0.29, 0.717) is 19.3 Å². The van der Waals surface area contributed by atoms with Crippen LogP contribution in [0.25, 0.3) is 0 Å². The van der Waals surface area contributed by atoms with Crippen molar-refractivity contribution in [3.05, 3.63) is 122 Å². The first-order valence-electron chi connectivity index (χ1n) is 25.2. The fraction of sp³-hybridized carbons (Fsp3) is 0.585. The average Bonchev–Trinajstić information content (AvgIpc) is 3.33. The molecule has 17 nitrogen and oxygen atoms in total. The zero-order valence-corrected chi connectivity index (χ0v) is 44.0. The Hall–Kier alpha value is -3.64. The maximum Gasteiger partial charge on any atom is 0.472 e. The summed E-state index contributed by atoms with van der Waals surface area (Å²) < 4.78 is 49.3. The van der Waals surface area contributed by atoms with E-state index in [1.807, 2.05) is 67.7 Å². The second kappa shape index (κ2) is 41.7. The molecule has 0 amide bonds. The Morgan fingerprint density at radius 3 is 1.58 bits per heavy atom. The number of rotatable bonds is 40. The van der Waals surface area contributed by atoms with Crippen LogP contribution < -0.4 is 0 Å². The summed E-state index contributed by atoms with van der Waals surface area (Å²) in [6.45, 7) is 2.78. The highest BCUT2D eigenvalue weighted by atomic mass is 31.2. The van der Waals surface area contributed by atoms with Crippen molar-refractivity contribution in [1.82, 2.24) is 0 Å². The normalized spacial score (nSPS) is 22.2. The molecule has 1 fully saturated rings. The smallest absolute Gasteiger partial charge is 0.462 e. The number of hydrogen-bond donors (Lipinski definition) is 8. The van der Waals surface area contributed by atoms with E-state index in [4.69, 9.17) is 18.5 Å². The summed E-state index contributed by atoms with van der Waals surface area (Å²) in [5.74, 6) is -1.37. The van der Waals surface area contributed by atoms with Gasteiger partial charge in [-0.05, 0) is 89.9 Å². The van der Waals surface area contributed by atoms with Gasteiger partial charge in [-0.1, -0.05) is 155 Å². The van der Waals surface area contributed by atoms with Crippen LogP contribution in [0.4, 0.5) is 0 Å². The van der Waals surface area contributed by atoms with Crippen LogP contribution in [0.3, 0.4) is 0 Å². The predicted molar refractivity (Wildman–Crippen MR) is 279 cm³/mol. The van der Waals surface area contributed by atoms with Gasteiger partial charge >= 0.3 is 27.6 Å². The number of aliphatic hydroxyl groups is 5. The lowest BCUT2D eigenvalue weighted by Crippen LogP contribution is -2.64. The third-order valence-electron chi connectivity index (χ3n) is 10.6. The summed E-state index contributed by atoms with van der Waals surface area (Å²) in [5, 5.41) is 51.2. The SMILES string of the molecule is CC/C=C\CC(O)/C=C/C=C/C/C=C\C/C=C\C/C=C\CCC(=O)O[C@H](COC(=O)CCCCC/C=C\C/C=C\C/C=C\C/C=C\CCCCC)COP(=O)(O)O[C@H]1C(O)C(O)C(O)[C@@H](OP(=O)(O)O)C1O. The zero-order chi connectivity index (χ0) is 53.3. The second-order valence-corrected chi connectivity index (χ2v) is 19.6. The van der Waals surface area contributed by atoms with Gasteiger partial charge in [-0.25, -0.2) is 9.13 Å². The Balaban J connectivity index is 2.66. The number of esters is 2. The number of carbonyl (C=O) groups is 2. The highest BCUT2D eigenvalue weighted by Gasteiger charge is 2.54. The highest BCUT2D eigenvalue weighted by Crippen LogP contribution is 2.49. The molecule has 0 bridgehead atoms. The lowest BCUT2D eigenvalue weighted by atomic mass is 9.85. The summed E-state index contributed by atoms with van der Waals surface area (Å²) in [7, 11) is -10.7. The third-order valence-corrected chi connectivity index (χ3v) is 12.1. The maximum absolute atomic E-state index is 13.0. The van der Waals surface area contributed by atoms with Crippen molar-refractivity contribution >= 4 is 27.6 Å². The zero-order valence-electron chi connectivity index (χ0n) is 42.2. The first-order valence-corrected chi connectivity index (χ1v) is 28.2. The highest BCUT2D eigenvalue weighted by molar-refractivity contribution is 7.47. The average molecular weight is 1060 g/mol. The molecule has 6 unspecified atom stereocenters. The maximum atomic E-state index is 13.0. The van der Waals surface area contributed by atoms with Crippen LogP contribution in [-0.4, -0.2) is 114 Å². The van der Waals surface area contributed by atoms with Crippen molar-refractivity contribution in [3.63, 3.8) is 0 Å². The first kappa shape index (κ1) is 66.4. The van der Waals surface area contributed by atoms with Crippen LogP contribution in [-0.2, 0) is 41.8 Å². The summed E-state index contributed by atoms with van der Waals surface area (Å²) in [4.78, 5) is 54.4. The molecule has 0 spiro atoms. The van der Waals surface area contributed by atoms with Crippen molar-refractivity contribution < 1.29 is 82.0 Å². The minimum absolute atomic E-state index is 0.0518. The Labute approximate surface area is 427 Å². The molecule has 0 aromatic heterocycles. The molecule has 1 aliphatic carbocycles. The molecule has 1 rings (SSSR count). The number of phosphoric acid groups is 2. The van der Waals surface area contributed by atoms with E-state index < -0.39 is 89.6 Å². The molecule has 0 heterocycles. The summed E-state index contributed by atoms with van der Waals surface area (Å²) >= 11 is 0. The van der Waals surface area contributed by atoms with E-state index in [1.54, 1.807) is 12.2 Å². The minimum Gasteiger partial charge on any atom is -0.462 e. The van der Waals surface area contributed by atoms with E-state index in [-0.39, 0.29) is 19.3 Å². The minimum atomic E-state index is -5.39. The monoisotopic (exact) mass is 1050 g/mol. The van der Waals surface area contributed by atoms with Crippen LogP contribution in [0.15, 0.2) is 122 Å². The largest absolute Gasteiger partial charge is 0.472 e. The molecule has 0 aliphatic heterocycles. The fourth-order valence-corrected chi connectivity index (χ4v) is 8.24. The molecule has 0 saturated heterocycles. The van der Waals surface area contributed by atoms with Crippen LogP contribution in [0, 0.1) is 0 Å². The van der Waals surface area contributed by atoms with Gasteiger partial charge in [0, 0.05) is 12.8 Å². The van der Waals surface area contributed by atoms with E-state index in [2.05, 4.69) is 60.1 Å². The standard InChI is InChI=1S/C53H84O17P2/c1-3-5-7-8-9-10-11-12-13-14-15-16-17-20-23-26-29-32-36-40-46(55)66-42-45(43-67-72(64,65)70-53-50(59)48(57)49(58)52(51(53)60)69-71(61,62)63)68-47(56)41-37-33-30-27-24-21-18-19-22-25-28-31-35-39-44(54)38-34-6-4-2/h6,9-10,12-13,15-16,19-24,28,30-31,33-35,39,44-45,48-54,57-60H,3-5,7-8,11,14,17-18,25-27,29,32,36-38,40-43H2,1-2H3,(H,64,65)(H2,61,62,63)/b10-9-,13-12-,16-15-,22-19-,23-20-,24-21-,31-28+,33-30-,34-6-,39-35+/t44?,45-,48?,49?,50?,51?,52-,53+/m1/s1. The van der Waals surface area contributed by atoms with E-state index in [1.165, 1.54) is 19.3 Å². The molecule has 408 valence electrons. The van der Waals surface area contributed by atoms with Gasteiger partial charge in [-0.15, -0.1) is 0 Å². The summed E-state index contributed by atoms with van der Waals surface area (Å²) in [6.07, 6.45) is 39.1. The van der Waals surface area contributed by atoms with Gasteiger partial charge in [0.15, 0.2) is 6.10 Å². The quantitative estimate of drug-likeness (QED) is 0.00933. The number of allylic oxidation sites excluding steroid dienone is 18. The molecule has 0 aromatic carbocycles. The molecule has 8 N–H and O–H groups in total. The number of unbranched alkanes of at least 4 members (excludes halogenated alkanes) is 6. The second-order valence-electron chi connectivity index (χ2n) is 17.0. The number of ether oxygens (including phenoxy) is 2. The number of phosphoric ester groups is 2. The molecular formula is C53H84O17P2. The van der Waals surface area contributed by atoms with Gasteiger partial charge < -0.3 is 49.7 Å². The van der Waals surface area contributed by atoms with Gasteiger partial charge in [0.05, 0.1) is 12.7 Å². The van der Waals surface area contributed by atoms with Crippen molar-refractivity contribution in [1.29, 1.82) is 0 Å². The van der Waals surface area contributed by atoms with Crippen LogP contribution >= 0.6 is 15.6 Å². The topological polar surface area (TPSA) is 276 Å². The lowest BCUT2D eigenvalue weighted by molar-refractivity contribution is -0.216. The van der Waals surface area contributed by atoms with Crippen molar-refractivity contribution in [2.75, 3.05) is 13.2 Å². The number of carbonyl (C=O) groups excluding carboxylic acids is 2. The van der Waals surface area contributed by atoms with Gasteiger partial charge in [-0.3, -0.25) is 23.2 Å². The van der Waals surface area contributed by atoms with Gasteiger partial charge in [0.2, 0.25) is 0 Å². The Morgan fingerprint density at radius 1 is 0.528 bits per heavy atom. The summed E-state index contributed by atoms with van der Waals surface area (Å²) in [5.41, 5.74) is 0. The Morgan fingerprint density at radius 2 is 1.04 bits per heavy atom. The lowest BCUT2D eigenvalue weighted by Gasteiger charge is -2.43. The van der Waals surface area contributed by atoms with Crippen LogP contribution in [0.5, 0.6) is 0 Å². The van der Waals surface area contributed by atoms with Crippen LogP contribution in [0.2, 0.25) is 0 Å². The molecule has 0 radical (unpaired) electrons. The van der Waals surface area contributed by atoms with Gasteiger partial charge in [0.1, 0.15) is 43.2 Å². The summed E-state index contributed by atoms with van der Waals surface area (Å²) in [6, 6.07) is 0. The van der Waals surface area contributed by atoms with Gasteiger partial charge in [0.25, 0.3) is 0 Å². The number of hydrogen-bond acceptors (Lipinski definition) is 14. The molecule has 72 heavy (non-hydrogen) atoms. The van der Waals surface area contributed by atoms with Crippen LogP contribution in [0.1, 0.15) is 136 Å². The molecule has 1 saturated carbocycles. The molecule has 19 heteroatoms. The molecule has 0 aromatic rings. The molecule has 1 aliphatic rings. The fourth-order valence-electron chi connectivity index (χ4n) is 6.71. The van der Waals surface area contributed by atoms with Crippen molar-refractivity contribution in [2.45, 2.75) is 185 Å². The van der Waals surface area contributed by atoms with Crippen molar-refractivity contribution in [2.24, 2.45) is 0 Å². The van der Waals surface area contributed by atoms with E-state index in [0.717, 1.165) is 64.2 Å². The Bertz CT molecular complexity index is 1860.